The van der Waals surface area contributed by atoms with Gasteiger partial charge in [-0.25, -0.2) is 13.1 Å². The summed E-state index contributed by atoms with van der Waals surface area (Å²) in [6.07, 6.45) is 3.00. The van der Waals surface area contributed by atoms with E-state index in [4.69, 9.17) is 9.84 Å². The van der Waals surface area contributed by atoms with E-state index in [2.05, 4.69) is 4.72 Å². The van der Waals surface area contributed by atoms with Crippen molar-refractivity contribution < 1.29 is 23.1 Å². The molecule has 0 aliphatic heterocycles. The molecule has 100 valence electrons. The summed E-state index contributed by atoms with van der Waals surface area (Å²) in [7, 11) is -3.76. The Balaban J connectivity index is 2.09. The third-order valence-corrected chi connectivity index (χ3v) is 4.37. The van der Waals surface area contributed by atoms with Gasteiger partial charge in [0, 0.05) is 19.8 Å². The molecule has 2 N–H and O–H groups in total. The Hall–Kier alpha value is -0.660. The molecule has 1 saturated carbocycles. The van der Waals surface area contributed by atoms with Crippen molar-refractivity contribution in [2.45, 2.75) is 31.4 Å². The van der Waals surface area contributed by atoms with Gasteiger partial charge in [-0.15, -0.1) is 0 Å². The SMILES string of the molecule is CC(C(=O)O)S(=O)(=O)NCCCOCC1CC1. The number of sulfonamides is 1. The molecule has 1 aliphatic carbocycles. The van der Waals surface area contributed by atoms with Gasteiger partial charge < -0.3 is 9.84 Å². The van der Waals surface area contributed by atoms with Crippen molar-refractivity contribution in [3.05, 3.63) is 0 Å². The average molecular weight is 265 g/mol. The highest BCUT2D eigenvalue weighted by Crippen LogP contribution is 2.28. The number of rotatable bonds is 9. The topological polar surface area (TPSA) is 92.7 Å². The number of carboxylic acids is 1. The van der Waals surface area contributed by atoms with E-state index < -0.39 is 21.2 Å². The Kier molecular flexibility index (Phi) is 5.35. The molecule has 0 saturated heterocycles. The number of hydrogen-bond acceptors (Lipinski definition) is 4. The van der Waals surface area contributed by atoms with Crippen LogP contribution in [0.5, 0.6) is 0 Å². The molecular formula is C10H19NO5S. The molecular weight excluding hydrogens is 246 g/mol. The summed E-state index contributed by atoms with van der Waals surface area (Å²) < 4.78 is 30.4. The first kappa shape index (κ1) is 14.4. The van der Waals surface area contributed by atoms with Crippen LogP contribution < -0.4 is 4.72 Å². The van der Waals surface area contributed by atoms with Gasteiger partial charge in [0.05, 0.1) is 0 Å². The van der Waals surface area contributed by atoms with Crippen LogP contribution >= 0.6 is 0 Å². The van der Waals surface area contributed by atoms with Gasteiger partial charge >= 0.3 is 5.97 Å². The molecule has 0 aromatic heterocycles. The van der Waals surface area contributed by atoms with Crippen LogP contribution in [0.3, 0.4) is 0 Å². The average Bonchev–Trinajstić information content (AvgIpc) is 3.05. The van der Waals surface area contributed by atoms with Crippen molar-refractivity contribution in [1.82, 2.24) is 4.72 Å². The van der Waals surface area contributed by atoms with Crippen LogP contribution in [-0.4, -0.2) is 44.5 Å². The Labute approximate surface area is 101 Å². The number of carboxylic acid groups (broad SMARTS) is 1. The Morgan fingerprint density at radius 1 is 1.53 bits per heavy atom. The summed E-state index contributed by atoms with van der Waals surface area (Å²) in [5.41, 5.74) is 0. The number of hydrogen-bond donors (Lipinski definition) is 2. The van der Waals surface area contributed by atoms with Crippen molar-refractivity contribution in [3.63, 3.8) is 0 Å². The van der Waals surface area contributed by atoms with E-state index in [1.54, 1.807) is 0 Å². The summed E-state index contributed by atoms with van der Waals surface area (Å²) in [4.78, 5) is 10.5. The van der Waals surface area contributed by atoms with Crippen LogP contribution in [0, 0.1) is 5.92 Å². The highest BCUT2D eigenvalue weighted by atomic mass is 32.2. The smallest absolute Gasteiger partial charge is 0.323 e. The number of ether oxygens (including phenoxy) is 1. The highest BCUT2D eigenvalue weighted by Gasteiger charge is 2.26. The van der Waals surface area contributed by atoms with Crippen LogP contribution in [0.2, 0.25) is 0 Å². The first-order chi connectivity index (χ1) is 7.93. The molecule has 1 aliphatic rings. The van der Waals surface area contributed by atoms with Crippen molar-refractivity contribution >= 4 is 16.0 Å². The Morgan fingerprint density at radius 2 is 2.18 bits per heavy atom. The monoisotopic (exact) mass is 265 g/mol. The summed E-state index contributed by atoms with van der Waals surface area (Å²) in [6, 6.07) is 0. The van der Waals surface area contributed by atoms with Gasteiger partial charge in [0.1, 0.15) is 0 Å². The van der Waals surface area contributed by atoms with Gasteiger partial charge in [-0.1, -0.05) is 0 Å². The maximum Gasteiger partial charge on any atom is 0.323 e. The molecule has 17 heavy (non-hydrogen) atoms. The van der Waals surface area contributed by atoms with E-state index in [1.807, 2.05) is 0 Å². The molecule has 0 spiro atoms. The van der Waals surface area contributed by atoms with E-state index in [0.29, 0.717) is 18.9 Å². The van der Waals surface area contributed by atoms with Gasteiger partial charge in [-0.2, -0.15) is 0 Å². The second kappa shape index (κ2) is 6.32. The lowest BCUT2D eigenvalue weighted by atomic mass is 10.4. The van der Waals surface area contributed by atoms with Gasteiger partial charge in [-0.05, 0) is 32.1 Å². The number of carbonyl (C=O) groups is 1. The largest absolute Gasteiger partial charge is 0.480 e. The number of aliphatic carboxylic acids is 1. The standard InChI is InChI=1S/C10H19NO5S/c1-8(10(12)13)17(14,15)11-5-2-6-16-7-9-3-4-9/h8-9,11H,2-7H2,1H3,(H,12,13). The fraction of sp³-hybridized carbons (Fsp3) is 0.900. The molecule has 0 radical (unpaired) electrons. The highest BCUT2D eigenvalue weighted by molar-refractivity contribution is 7.90. The molecule has 0 aromatic rings. The van der Waals surface area contributed by atoms with Crippen LogP contribution in [0.15, 0.2) is 0 Å². The zero-order valence-corrected chi connectivity index (χ0v) is 10.7. The third kappa shape index (κ3) is 5.47. The molecule has 0 heterocycles. The summed E-state index contributed by atoms with van der Waals surface area (Å²) in [5.74, 6) is -0.652. The van der Waals surface area contributed by atoms with Crippen molar-refractivity contribution in [2.75, 3.05) is 19.8 Å². The minimum atomic E-state index is -3.76. The van der Waals surface area contributed by atoms with Crippen LogP contribution in [-0.2, 0) is 19.6 Å². The van der Waals surface area contributed by atoms with Crippen molar-refractivity contribution in [3.8, 4) is 0 Å². The lowest BCUT2D eigenvalue weighted by molar-refractivity contribution is -0.136. The number of nitrogens with one attached hydrogen (secondary N) is 1. The first-order valence-electron chi connectivity index (χ1n) is 5.72. The van der Waals surface area contributed by atoms with Gasteiger partial charge in [0.2, 0.25) is 10.0 Å². The normalized spacial score (nSPS) is 17.9. The zero-order valence-electron chi connectivity index (χ0n) is 9.89. The van der Waals surface area contributed by atoms with E-state index in [9.17, 15) is 13.2 Å². The Morgan fingerprint density at radius 3 is 2.71 bits per heavy atom. The quantitative estimate of drug-likeness (QED) is 0.581. The first-order valence-corrected chi connectivity index (χ1v) is 7.27. The minimum absolute atomic E-state index is 0.213. The maximum atomic E-state index is 11.4. The summed E-state index contributed by atoms with van der Waals surface area (Å²) in [6.45, 7) is 2.61. The van der Waals surface area contributed by atoms with Crippen LogP contribution in [0.25, 0.3) is 0 Å². The molecule has 7 heteroatoms. The van der Waals surface area contributed by atoms with E-state index in [1.165, 1.54) is 12.8 Å². The van der Waals surface area contributed by atoms with Crippen LogP contribution in [0.4, 0.5) is 0 Å². The fourth-order valence-corrected chi connectivity index (χ4v) is 2.13. The molecule has 1 unspecified atom stereocenters. The predicted molar refractivity (Wildman–Crippen MR) is 62.2 cm³/mol. The lowest BCUT2D eigenvalue weighted by Gasteiger charge is -2.10. The molecule has 1 rings (SSSR count). The van der Waals surface area contributed by atoms with Crippen LogP contribution in [0.1, 0.15) is 26.2 Å². The molecule has 0 amide bonds. The van der Waals surface area contributed by atoms with E-state index >= 15 is 0 Å². The van der Waals surface area contributed by atoms with E-state index in [-0.39, 0.29) is 6.54 Å². The lowest BCUT2D eigenvalue weighted by Crippen LogP contribution is -2.38. The van der Waals surface area contributed by atoms with Crippen molar-refractivity contribution in [2.24, 2.45) is 5.92 Å². The predicted octanol–water partition coefficient (Wildman–Crippen LogP) is 0.196. The van der Waals surface area contributed by atoms with Gasteiger partial charge in [0.15, 0.2) is 5.25 Å². The molecule has 1 fully saturated rings. The second-order valence-electron chi connectivity index (χ2n) is 4.29. The minimum Gasteiger partial charge on any atom is -0.480 e. The molecule has 0 bridgehead atoms. The van der Waals surface area contributed by atoms with Gasteiger partial charge in [0.25, 0.3) is 0 Å². The third-order valence-electron chi connectivity index (χ3n) is 2.63. The van der Waals surface area contributed by atoms with Crippen molar-refractivity contribution in [1.29, 1.82) is 0 Å². The second-order valence-corrected chi connectivity index (χ2v) is 6.38. The Bertz CT molecular complexity index is 350. The van der Waals surface area contributed by atoms with E-state index in [0.717, 1.165) is 13.5 Å². The molecule has 0 aromatic carbocycles. The molecule has 1 atom stereocenters. The summed E-state index contributed by atoms with van der Waals surface area (Å²) >= 11 is 0. The molecule has 6 nitrogen and oxygen atoms in total. The maximum absolute atomic E-state index is 11.4. The zero-order chi connectivity index (χ0) is 12.9. The summed E-state index contributed by atoms with van der Waals surface area (Å²) in [5, 5.41) is 7.16. The fourth-order valence-electron chi connectivity index (χ4n) is 1.18. The van der Waals surface area contributed by atoms with Gasteiger partial charge in [-0.3, -0.25) is 4.79 Å².